The van der Waals surface area contributed by atoms with Crippen molar-refractivity contribution in [1.29, 1.82) is 0 Å². The van der Waals surface area contributed by atoms with Crippen LogP contribution in [-0.4, -0.2) is 24.7 Å². The van der Waals surface area contributed by atoms with Gasteiger partial charge in [0, 0.05) is 36.1 Å². The van der Waals surface area contributed by atoms with Crippen molar-refractivity contribution in [1.82, 2.24) is 24.7 Å². The van der Waals surface area contributed by atoms with E-state index >= 15 is 0 Å². The molecule has 5 rings (SSSR count). The van der Waals surface area contributed by atoms with E-state index < -0.39 is 0 Å². The predicted molar refractivity (Wildman–Crippen MR) is 98.0 cm³/mol. The fraction of sp³-hybridized carbons (Fsp3) is 0.0526. The molecule has 0 aliphatic carbocycles. The predicted octanol–water partition coefficient (Wildman–Crippen LogP) is 3.57. The summed E-state index contributed by atoms with van der Waals surface area (Å²) in [4.78, 5) is 13.2. The Balaban J connectivity index is 1.52. The minimum absolute atomic E-state index is 0.534. The smallest absolute Gasteiger partial charge is 0.196 e. The van der Waals surface area contributed by atoms with Crippen LogP contribution in [0.1, 0.15) is 5.56 Å². The second kappa shape index (κ2) is 5.96. The number of rotatable bonds is 4. The minimum Gasteiger partial charge on any atom is -0.450 e. The molecule has 7 heteroatoms. The number of para-hydroxylation sites is 1. The molecule has 1 N–H and O–H groups in total. The van der Waals surface area contributed by atoms with Gasteiger partial charge in [-0.2, -0.15) is 5.10 Å². The second-order valence-electron chi connectivity index (χ2n) is 5.79. The van der Waals surface area contributed by atoms with E-state index in [1.54, 1.807) is 23.4 Å². The van der Waals surface area contributed by atoms with Crippen LogP contribution in [0.15, 0.2) is 71.8 Å². The van der Waals surface area contributed by atoms with Gasteiger partial charge in [0.2, 0.25) is 0 Å². The highest BCUT2D eigenvalue weighted by atomic mass is 16.3. The Hall–Kier alpha value is -3.74. The Morgan fingerprint density at radius 1 is 0.962 bits per heavy atom. The molecule has 0 aliphatic heterocycles. The number of aromatic nitrogens is 5. The van der Waals surface area contributed by atoms with Crippen molar-refractivity contribution < 1.29 is 4.42 Å². The molecular formula is C19H14N6O. The fourth-order valence-electron chi connectivity index (χ4n) is 3.00. The molecule has 0 saturated carbocycles. The quantitative estimate of drug-likeness (QED) is 0.538. The van der Waals surface area contributed by atoms with Crippen molar-refractivity contribution in [2.24, 2.45) is 0 Å². The van der Waals surface area contributed by atoms with E-state index in [0.717, 1.165) is 27.9 Å². The molecular weight excluding hydrogens is 328 g/mol. The van der Waals surface area contributed by atoms with E-state index in [0.29, 0.717) is 17.9 Å². The zero-order chi connectivity index (χ0) is 17.3. The zero-order valence-electron chi connectivity index (χ0n) is 13.7. The summed E-state index contributed by atoms with van der Waals surface area (Å²) in [5.41, 5.74) is 3.25. The van der Waals surface area contributed by atoms with E-state index in [4.69, 9.17) is 4.42 Å². The second-order valence-corrected chi connectivity index (χ2v) is 5.79. The molecule has 0 saturated heterocycles. The maximum atomic E-state index is 5.95. The van der Waals surface area contributed by atoms with Crippen molar-refractivity contribution in [2.75, 3.05) is 5.32 Å². The lowest BCUT2D eigenvalue weighted by Crippen LogP contribution is -2.08. The zero-order valence-corrected chi connectivity index (χ0v) is 13.7. The van der Waals surface area contributed by atoms with Crippen molar-refractivity contribution in [3.63, 3.8) is 0 Å². The van der Waals surface area contributed by atoms with Gasteiger partial charge in [0.15, 0.2) is 17.2 Å². The van der Waals surface area contributed by atoms with Crippen LogP contribution in [-0.2, 0) is 6.54 Å². The van der Waals surface area contributed by atoms with Crippen molar-refractivity contribution >= 4 is 27.9 Å². The molecule has 0 fully saturated rings. The number of hydrogen-bond acceptors (Lipinski definition) is 6. The van der Waals surface area contributed by atoms with Gasteiger partial charge in [-0.15, -0.1) is 0 Å². The third-order valence-corrected chi connectivity index (χ3v) is 4.19. The largest absolute Gasteiger partial charge is 0.450 e. The Bertz CT molecular complexity index is 1200. The Kier molecular flexibility index (Phi) is 3.35. The molecule has 4 aromatic heterocycles. The van der Waals surface area contributed by atoms with Crippen molar-refractivity contribution in [3.05, 3.63) is 72.9 Å². The molecule has 126 valence electrons. The van der Waals surface area contributed by atoms with Crippen molar-refractivity contribution in [2.45, 2.75) is 6.54 Å². The number of furan rings is 1. The van der Waals surface area contributed by atoms with E-state index in [1.165, 1.54) is 0 Å². The summed E-state index contributed by atoms with van der Waals surface area (Å²) in [5, 5.41) is 8.58. The highest BCUT2D eigenvalue weighted by Crippen LogP contribution is 2.30. The maximum Gasteiger partial charge on any atom is 0.196 e. The van der Waals surface area contributed by atoms with Crippen LogP contribution in [0.4, 0.5) is 5.82 Å². The molecule has 0 amide bonds. The summed E-state index contributed by atoms with van der Waals surface area (Å²) >= 11 is 0. The van der Waals surface area contributed by atoms with Gasteiger partial charge in [0.05, 0.1) is 0 Å². The van der Waals surface area contributed by atoms with Crippen LogP contribution in [0.5, 0.6) is 0 Å². The molecule has 0 spiro atoms. The summed E-state index contributed by atoms with van der Waals surface area (Å²) in [6.07, 6.45) is 6.90. The molecule has 0 atom stereocenters. The third-order valence-electron chi connectivity index (χ3n) is 4.19. The SMILES string of the molecule is c1cnc(-n2cccn2)c(CNc2ncnc3c2oc2ccccc23)c1. The third kappa shape index (κ3) is 2.37. The lowest BCUT2D eigenvalue weighted by molar-refractivity contribution is 0.666. The van der Waals surface area contributed by atoms with Gasteiger partial charge in [0.1, 0.15) is 17.4 Å². The summed E-state index contributed by atoms with van der Waals surface area (Å²) in [7, 11) is 0. The number of benzene rings is 1. The van der Waals surface area contributed by atoms with E-state index in [9.17, 15) is 0 Å². The van der Waals surface area contributed by atoms with Crippen LogP contribution in [0, 0.1) is 0 Å². The number of fused-ring (bicyclic) bond motifs is 3. The topological polar surface area (TPSA) is 81.7 Å². The van der Waals surface area contributed by atoms with Crippen LogP contribution in [0.2, 0.25) is 0 Å². The van der Waals surface area contributed by atoms with Crippen LogP contribution in [0.25, 0.3) is 27.9 Å². The average Bonchev–Trinajstić information content (AvgIpc) is 3.35. The van der Waals surface area contributed by atoms with Gasteiger partial charge in [-0.25, -0.2) is 19.6 Å². The van der Waals surface area contributed by atoms with E-state index in [-0.39, 0.29) is 0 Å². The lowest BCUT2D eigenvalue weighted by Gasteiger charge is -2.10. The lowest BCUT2D eigenvalue weighted by atomic mass is 10.2. The van der Waals surface area contributed by atoms with Crippen LogP contribution < -0.4 is 5.32 Å². The van der Waals surface area contributed by atoms with Gasteiger partial charge in [-0.1, -0.05) is 18.2 Å². The first-order valence-electron chi connectivity index (χ1n) is 8.20. The molecule has 7 nitrogen and oxygen atoms in total. The minimum atomic E-state index is 0.534. The molecule has 0 radical (unpaired) electrons. The Morgan fingerprint density at radius 2 is 1.92 bits per heavy atom. The number of nitrogens with zero attached hydrogens (tertiary/aromatic N) is 5. The molecule has 0 bridgehead atoms. The Labute approximate surface area is 148 Å². The number of hydrogen-bond donors (Lipinski definition) is 1. The van der Waals surface area contributed by atoms with Crippen molar-refractivity contribution in [3.8, 4) is 5.82 Å². The van der Waals surface area contributed by atoms with E-state index in [1.807, 2.05) is 48.7 Å². The van der Waals surface area contributed by atoms with Gasteiger partial charge < -0.3 is 9.73 Å². The maximum absolute atomic E-state index is 5.95. The standard InChI is InChI=1S/C19H14N6O/c1-2-7-15-14(6-1)16-17(26-15)18(23-12-22-16)21-11-13-5-3-8-20-19(13)25-10-4-9-24-25/h1-10,12H,11H2,(H,21,22,23). The van der Waals surface area contributed by atoms with E-state index in [2.05, 4.69) is 25.4 Å². The molecule has 0 aliphatic rings. The molecule has 5 aromatic rings. The highest BCUT2D eigenvalue weighted by molar-refractivity contribution is 6.05. The molecule has 0 unspecified atom stereocenters. The molecule has 1 aromatic carbocycles. The first-order valence-corrected chi connectivity index (χ1v) is 8.20. The summed E-state index contributed by atoms with van der Waals surface area (Å²) in [6, 6.07) is 13.6. The summed E-state index contributed by atoms with van der Waals surface area (Å²) in [5.74, 6) is 1.43. The Morgan fingerprint density at radius 3 is 2.85 bits per heavy atom. The number of anilines is 1. The first-order chi connectivity index (χ1) is 12.9. The van der Waals surface area contributed by atoms with Gasteiger partial charge in [0.25, 0.3) is 0 Å². The van der Waals surface area contributed by atoms with Gasteiger partial charge >= 0.3 is 0 Å². The summed E-state index contributed by atoms with van der Waals surface area (Å²) < 4.78 is 7.70. The fourth-order valence-corrected chi connectivity index (χ4v) is 3.00. The first kappa shape index (κ1) is 14.6. The van der Waals surface area contributed by atoms with Gasteiger partial charge in [-0.05, 0) is 24.3 Å². The monoisotopic (exact) mass is 342 g/mol. The van der Waals surface area contributed by atoms with Crippen LogP contribution >= 0.6 is 0 Å². The summed E-state index contributed by atoms with van der Waals surface area (Å²) in [6.45, 7) is 0.534. The van der Waals surface area contributed by atoms with Crippen LogP contribution in [0.3, 0.4) is 0 Å². The highest BCUT2D eigenvalue weighted by Gasteiger charge is 2.13. The van der Waals surface area contributed by atoms with Gasteiger partial charge in [-0.3, -0.25) is 0 Å². The average molecular weight is 342 g/mol. The molecule has 26 heavy (non-hydrogen) atoms. The number of nitrogens with one attached hydrogen (secondary N) is 1. The molecule has 4 heterocycles. The normalized spacial score (nSPS) is 11.2. The number of pyridine rings is 1.